The first-order valence-corrected chi connectivity index (χ1v) is 7.44. The van der Waals surface area contributed by atoms with Gasteiger partial charge in [0.2, 0.25) is 0 Å². The molecule has 0 aliphatic heterocycles. The van der Waals surface area contributed by atoms with Gasteiger partial charge in [0.1, 0.15) is 0 Å². The summed E-state index contributed by atoms with van der Waals surface area (Å²) >= 11 is 0. The summed E-state index contributed by atoms with van der Waals surface area (Å²) in [6.45, 7) is 7.55. The van der Waals surface area contributed by atoms with E-state index in [9.17, 15) is 4.79 Å². The largest absolute Gasteiger partial charge is 0.290 e. The molecule has 4 heteroatoms. The second-order valence-corrected chi connectivity index (χ2v) is 5.25. The highest BCUT2D eigenvalue weighted by molar-refractivity contribution is 5.94. The maximum absolute atomic E-state index is 11.6. The Morgan fingerprint density at radius 2 is 2.08 bits per heavy atom. The zero-order valence-corrected chi connectivity index (χ0v) is 13.8. The molecule has 0 aliphatic rings. The number of hydrogen-bond acceptors (Lipinski definition) is 3. The van der Waals surface area contributed by atoms with E-state index in [1.165, 1.54) is 0 Å². The fourth-order valence-corrected chi connectivity index (χ4v) is 2.08. The summed E-state index contributed by atoms with van der Waals surface area (Å²) in [5, 5.41) is 0. The third-order valence-corrected chi connectivity index (χ3v) is 3.51. The van der Waals surface area contributed by atoms with Gasteiger partial charge in [0.15, 0.2) is 0 Å². The molecule has 1 amide bonds. The number of benzene rings is 1. The predicted molar refractivity (Wildman–Crippen MR) is 97.0 cm³/mol. The van der Waals surface area contributed by atoms with E-state index < -0.39 is 0 Å². The first kappa shape index (κ1) is 17.2. The Balaban J connectivity index is 2.38. The number of hydrogen-bond donors (Lipinski definition) is 2. The van der Waals surface area contributed by atoms with Crippen molar-refractivity contribution in [1.29, 1.82) is 0 Å². The van der Waals surface area contributed by atoms with Crippen LogP contribution in [0.1, 0.15) is 38.3 Å². The Labute approximate surface area is 142 Å². The summed E-state index contributed by atoms with van der Waals surface area (Å²) in [7, 11) is 0. The summed E-state index contributed by atoms with van der Waals surface area (Å²) in [6, 6.07) is 7.26. The number of allylic oxidation sites excluding steroid dienone is 2. The summed E-state index contributed by atoms with van der Waals surface area (Å²) in [5.74, 6) is 11.0. The average molecular weight is 317 g/mol. The van der Waals surface area contributed by atoms with Crippen LogP contribution in [-0.4, -0.2) is 10.9 Å². The first-order chi connectivity index (χ1) is 11.5. The standard InChI is InChI=1S/C20H19N3O/c1-4-5-6-18-11-16(13-22-15(18)3)8-10-17-12-19(20(24)23-21)9-7-14(17)2/h4-7,9,11-13H,1,21H2,2-3H3,(H,23,24). The van der Waals surface area contributed by atoms with E-state index in [1.54, 1.807) is 24.4 Å². The minimum Gasteiger partial charge on any atom is -0.290 e. The third kappa shape index (κ3) is 4.19. The quantitative estimate of drug-likeness (QED) is 0.301. The van der Waals surface area contributed by atoms with Gasteiger partial charge in [-0.2, -0.15) is 0 Å². The van der Waals surface area contributed by atoms with Crippen molar-refractivity contribution in [2.45, 2.75) is 13.8 Å². The first-order valence-electron chi connectivity index (χ1n) is 7.44. The minimum absolute atomic E-state index is 0.341. The Morgan fingerprint density at radius 3 is 2.79 bits per heavy atom. The molecular weight excluding hydrogens is 298 g/mol. The maximum Gasteiger partial charge on any atom is 0.265 e. The van der Waals surface area contributed by atoms with Gasteiger partial charge >= 0.3 is 0 Å². The number of carbonyl (C=O) groups excluding carboxylic acids is 1. The van der Waals surface area contributed by atoms with Gasteiger partial charge in [0.05, 0.1) is 0 Å². The summed E-state index contributed by atoms with van der Waals surface area (Å²) in [6.07, 6.45) is 7.26. The molecule has 0 fully saturated rings. The van der Waals surface area contributed by atoms with E-state index in [1.807, 2.05) is 38.1 Å². The minimum atomic E-state index is -0.341. The summed E-state index contributed by atoms with van der Waals surface area (Å²) in [4.78, 5) is 16.0. The molecule has 0 aliphatic carbocycles. The number of rotatable bonds is 3. The number of hydrazine groups is 1. The van der Waals surface area contributed by atoms with Crippen molar-refractivity contribution in [3.05, 3.63) is 82.7 Å². The topological polar surface area (TPSA) is 68.0 Å². The zero-order valence-electron chi connectivity index (χ0n) is 13.8. The van der Waals surface area contributed by atoms with E-state index >= 15 is 0 Å². The fraction of sp³-hybridized carbons (Fsp3) is 0.100. The van der Waals surface area contributed by atoms with Crippen molar-refractivity contribution in [3.8, 4) is 11.8 Å². The molecule has 120 valence electrons. The van der Waals surface area contributed by atoms with E-state index in [4.69, 9.17) is 5.84 Å². The highest BCUT2D eigenvalue weighted by Crippen LogP contribution is 2.12. The number of nitrogens with two attached hydrogens (primary N) is 1. The molecule has 0 saturated heterocycles. The lowest BCUT2D eigenvalue weighted by Gasteiger charge is -2.03. The lowest BCUT2D eigenvalue weighted by Crippen LogP contribution is -2.30. The third-order valence-electron chi connectivity index (χ3n) is 3.51. The molecule has 2 rings (SSSR count). The van der Waals surface area contributed by atoms with Crippen molar-refractivity contribution in [1.82, 2.24) is 10.4 Å². The number of aromatic nitrogens is 1. The average Bonchev–Trinajstić information content (AvgIpc) is 2.60. The SMILES string of the molecule is C=CC=Cc1cc(C#Cc2cc(C(=O)NN)ccc2C)cnc1C. The molecule has 0 atom stereocenters. The van der Waals surface area contributed by atoms with Gasteiger partial charge in [-0.05, 0) is 43.2 Å². The zero-order chi connectivity index (χ0) is 17.5. The molecule has 24 heavy (non-hydrogen) atoms. The van der Waals surface area contributed by atoms with Gasteiger partial charge in [-0.1, -0.05) is 42.7 Å². The van der Waals surface area contributed by atoms with Crippen molar-refractivity contribution < 1.29 is 4.79 Å². The number of nitrogens with zero attached hydrogens (tertiary/aromatic N) is 1. The Kier molecular flexibility index (Phi) is 5.67. The van der Waals surface area contributed by atoms with Gasteiger partial charge in [0.25, 0.3) is 5.91 Å². The molecule has 2 aromatic rings. The smallest absolute Gasteiger partial charge is 0.265 e. The molecule has 0 spiro atoms. The van der Waals surface area contributed by atoms with Crippen LogP contribution in [0.15, 0.2) is 49.2 Å². The van der Waals surface area contributed by atoms with Crippen LogP contribution in [0, 0.1) is 25.7 Å². The number of carbonyl (C=O) groups is 1. The Morgan fingerprint density at radius 1 is 1.29 bits per heavy atom. The molecule has 1 aromatic heterocycles. The molecule has 4 nitrogen and oxygen atoms in total. The van der Waals surface area contributed by atoms with Crippen LogP contribution in [0.5, 0.6) is 0 Å². The van der Waals surface area contributed by atoms with E-state index in [2.05, 4.69) is 28.8 Å². The van der Waals surface area contributed by atoms with E-state index in [0.717, 1.165) is 27.9 Å². The van der Waals surface area contributed by atoms with E-state index in [-0.39, 0.29) is 5.91 Å². The molecule has 1 aromatic carbocycles. The van der Waals surface area contributed by atoms with Gasteiger partial charge in [-0.15, -0.1) is 0 Å². The number of pyridine rings is 1. The lowest BCUT2D eigenvalue weighted by molar-refractivity contribution is 0.0953. The molecule has 0 saturated carbocycles. The predicted octanol–water partition coefficient (Wildman–Crippen LogP) is 2.90. The summed E-state index contributed by atoms with van der Waals surface area (Å²) < 4.78 is 0. The molecule has 0 bridgehead atoms. The number of aryl methyl sites for hydroxylation is 2. The monoisotopic (exact) mass is 317 g/mol. The highest BCUT2D eigenvalue weighted by Gasteiger charge is 2.05. The van der Waals surface area contributed by atoms with Crippen LogP contribution in [0.25, 0.3) is 6.08 Å². The molecule has 0 unspecified atom stereocenters. The van der Waals surface area contributed by atoms with Gasteiger partial charge in [0, 0.05) is 28.6 Å². The van der Waals surface area contributed by atoms with Crippen LogP contribution >= 0.6 is 0 Å². The normalized spacial score (nSPS) is 10.1. The number of nitrogen functional groups attached to an aromatic ring is 1. The van der Waals surface area contributed by atoms with Gasteiger partial charge < -0.3 is 0 Å². The second-order valence-electron chi connectivity index (χ2n) is 5.25. The van der Waals surface area contributed by atoms with Crippen LogP contribution in [-0.2, 0) is 0 Å². The second kappa shape index (κ2) is 7.91. The number of amides is 1. The Bertz CT molecular complexity index is 870. The lowest BCUT2D eigenvalue weighted by atomic mass is 10.0. The van der Waals surface area contributed by atoms with Crippen LogP contribution in [0.2, 0.25) is 0 Å². The Hall–Kier alpha value is -3.16. The van der Waals surface area contributed by atoms with Crippen molar-refractivity contribution >= 4 is 12.0 Å². The van der Waals surface area contributed by atoms with Crippen LogP contribution in [0.4, 0.5) is 0 Å². The fourth-order valence-electron chi connectivity index (χ4n) is 2.08. The molecule has 3 N–H and O–H groups in total. The van der Waals surface area contributed by atoms with Gasteiger partial charge in [-0.3, -0.25) is 15.2 Å². The van der Waals surface area contributed by atoms with Crippen LogP contribution in [0.3, 0.4) is 0 Å². The molecule has 1 heterocycles. The number of nitrogens with one attached hydrogen (secondary N) is 1. The molecule has 0 radical (unpaired) electrons. The molecular formula is C20H19N3O. The van der Waals surface area contributed by atoms with Gasteiger partial charge in [-0.25, -0.2) is 5.84 Å². The maximum atomic E-state index is 11.6. The van der Waals surface area contributed by atoms with Crippen LogP contribution < -0.4 is 11.3 Å². The highest BCUT2D eigenvalue weighted by atomic mass is 16.2. The van der Waals surface area contributed by atoms with Crippen molar-refractivity contribution in [2.24, 2.45) is 5.84 Å². The van der Waals surface area contributed by atoms with E-state index in [0.29, 0.717) is 5.56 Å². The van der Waals surface area contributed by atoms with Crippen molar-refractivity contribution in [2.75, 3.05) is 0 Å². The van der Waals surface area contributed by atoms with Crippen molar-refractivity contribution in [3.63, 3.8) is 0 Å². The summed E-state index contributed by atoms with van der Waals surface area (Å²) in [5.41, 5.74) is 7.09.